The molecule has 2 aliphatic heterocycles. The maximum atomic E-state index is 9.19. The highest BCUT2D eigenvalue weighted by Gasteiger charge is 2.45. The summed E-state index contributed by atoms with van der Waals surface area (Å²) in [5.41, 5.74) is -0.0573. The molecule has 2 unspecified atom stereocenters. The van der Waals surface area contributed by atoms with Crippen molar-refractivity contribution in [1.29, 1.82) is 0 Å². The van der Waals surface area contributed by atoms with Crippen molar-refractivity contribution in [3.63, 3.8) is 0 Å². The van der Waals surface area contributed by atoms with Gasteiger partial charge in [-0.05, 0) is 12.8 Å². The number of hydrogen-bond acceptors (Lipinski definition) is 3. The van der Waals surface area contributed by atoms with E-state index in [1.165, 1.54) is 0 Å². The lowest BCUT2D eigenvalue weighted by Gasteiger charge is -2.35. The highest BCUT2D eigenvalue weighted by Crippen LogP contribution is 2.39. The smallest absolute Gasteiger partial charge is 0.0698 e. The number of ether oxygens (including phenoxy) is 2. The van der Waals surface area contributed by atoms with E-state index in [2.05, 4.69) is 0 Å². The van der Waals surface area contributed by atoms with Crippen molar-refractivity contribution < 1.29 is 14.6 Å². The van der Waals surface area contributed by atoms with Crippen LogP contribution in [0.5, 0.6) is 0 Å². The van der Waals surface area contributed by atoms with Crippen LogP contribution in [0.15, 0.2) is 0 Å². The van der Waals surface area contributed by atoms with Crippen LogP contribution in [0.25, 0.3) is 0 Å². The lowest BCUT2D eigenvalue weighted by Crippen LogP contribution is -2.43. The van der Waals surface area contributed by atoms with Crippen LogP contribution in [-0.4, -0.2) is 37.6 Å². The third kappa shape index (κ3) is 1.08. The van der Waals surface area contributed by atoms with Gasteiger partial charge in [0.25, 0.3) is 0 Å². The Morgan fingerprint density at radius 1 is 1.45 bits per heavy atom. The summed E-state index contributed by atoms with van der Waals surface area (Å²) in [6.45, 7) is 2.45. The standard InChI is InChI=1S/C8H14O3/c9-5-8-2-4-11-7(8)1-3-10-6-8/h7,9H,1-6H2. The van der Waals surface area contributed by atoms with Crippen LogP contribution in [0.1, 0.15) is 12.8 Å². The lowest BCUT2D eigenvalue weighted by atomic mass is 9.80. The molecule has 0 radical (unpaired) electrons. The minimum absolute atomic E-state index is 0.0573. The predicted octanol–water partition coefficient (Wildman–Crippen LogP) is 0.174. The molecule has 2 fully saturated rings. The van der Waals surface area contributed by atoms with Crippen LogP contribution < -0.4 is 0 Å². The Morgan fingerprint density at radius 2 is 2.36 bits per heavy atom. The van der Waals surface area contributed by atoms with Gasteiger partial charge in [-0.15, -0.1) is 0 Å². The third-order valence-corrected chi connectivity index (χ3v) is 2.83. The van der Waals surface area contributed by atoms with Crippen molar-refractivity contribution in [3.8, 4) is 0 Å². The lowest BCUT2D eigenvalue weighted by molar-refractivity contribution is -0.0929. The van der Waals surface area contributed by atoms with Gasteiger partial charge in [-0.2, -0.15) is 0 Å². The van der Waals surface area contributed by atoms with E-state index in [1.807, 2.05) is 0 Å². The fourth-order valence-corrected chi connectivity index (χ4v) is 1.99. The van der Waals surface area contributed by atoms with Crippen molar-refractivity contribution in [2.24, 2.45) is 5.41 Å². The summed E-state index contributed by atoms with van der Waals surface area (Å²) in [6, 6.07) is 0. The summed E-state index contributed by atoms with van der Waals surface area (Å²) >= 11 is 0. The Balaban J connectivity index is 2.12. The van der Waals surface area contributed by atoms with Crippen molar-refractivity contribution in [2.45, 2.75) is 18.9 Å². The second kappa shape index (κ2) is 2.73. The van der Waals surface area contributed by atoms with Gasteiger partial charge in [0.05, 0.1) is 19.3 Å². The molecule has 3 nitrogen and oxygen atoms in total. The fourth-order valence-electron chi connectivity index (χ4n) is 1.99. The summed E-state index contributed by atoms with van der Waals surface area (Å²) in [6.07, 6.45) is 2.15. The second-order valence-electron chi connectivity index (χ2n) is 3.47. The Bertz CT molecular complexity index is 148. The van der Waals surface area contributed by atoms with Crippen molar-refractivity contribution in [1.82, 2.24) is 0 Å². The predicted molar refractivity (Wildman–Crippen MR) is 39.3 cm³/mol. The molecular formula is C8H14O3. The highest BCUT2D eigenvalue weighted by molar-refractivity contribution is 4.93. The molecule has 2 saturated heterocycles. The van der Waals surface area contributed by atoms with E-state index in [9.17, 15) is 5.11 Å². The first-order valence-electron chi connectivity index (χ1n) is 4.18. The molecule has 2 rings (SSSR count). The molecule has 0 aromatic carbocycles. The second-order valence-corrected chi connectivity index (χ2v) is 3.47. The third-order valence-electron chi connectivity index (χ3n) is 2.83. The van der Waals surface area contributed by atoms with E-state index in [0.717, 1.165) is 26.1 Å². The van der Waals surface area contributed by atoms with Gasteiger partial charge in [0.1, 0.15) is 0 Å². The molecule has 0 aromatic rings. The zero-order chi connectivity index (χ0) is 7.73. The molecule has 11 heavy (non-hydrogen) atoms. The van der Waals surface area contributed by atoms with Crippen LogP contribution >= 0.6 is 0 Å². The number of rotatable bonds is 1. The average Bonchev–Trinajstić information content (AvgIpc) is 2.48. The molecule has 0 aliphatic carbocycles. The topological polar surface area (TPSA) is 38.7 Å². The normalized spacial score (nSPS) is 43.9. The number of fused-ring (bicyclic) bond motifs is 1. The molecule has 0 amide bonds. The quantitative estimate of drug-likeness (QED) is 0.591. The minimum atomic E-state index is -0.0573. The molecule has 0 aromatic heterocycles. The van der Waals surface area contributed by atoms with Crippen LogP contribution in [0.2, 0.25) is 0 Å². The van der Waals surface area contributed by atoms with Gasteiger partial charge in [-0.1, -0.05) is 0 Å². The van der Waals surface area contributed by atoms with Gasteiger partial charge in [-0.3, -0.25) is 0 Å². The summed E-state index contributed by atoms with van der Waals surface area (Å²) < 4.78 is 10.8. The molecule has 3 heteroatoms. The minimum Gasteiger partial charge on any atom is -0.396 e. The van der Waals surface area contributed by atoms with Gasteiger partial charge in [0.2, 0.25) is 0 Å². The molecule has 2 aliphatic rings. The summed E-state index contributed by atoms with van der Waals surface area (Å²) in [5, 5.41) is 9.19. The molecule has 1 N–H and O–H groups in total. The van der Waals surface area contributed by atoms with Crippen LogP contribution in [0, 0.1) is 5.41 Å². The monoisotopic (exact) mass is 158 g/mol. The summed E-state index contributed by atoms with van der Waals surface area (Å²) in [5.74, 6) is 0. The van der Waals surface area contributed by atoms with E-state index in [0.29, 0.717) is 6.61 Å². The maximum Gasteiger partial charge on any atom is 0.0698 e. The summed E-state index contributed by atoms with van der Waals surface area (Å²) in [4.78, 5) is 0. The van der Waals surface area contributed by atoms with Gasteiger partial charge < -0.3 is 14.6 Å². The van der Waals surface area contributed by atoms with Gasteiger partial charge in [-0.25, -0.2) is 0 Å². The van der Waals surface area contributed by atoms with E-state index < -0.39 is 0 Å². The number of aliphatic hydroxyl groups excluding tert-OH is 1. The Hall–Kier alpha value is -0.120. The fraction of sp³-hybridized carbons (Fsp3) is 1.00. The number of hydrogen-bond donors (Lipinski definition) is 1. The first kappa shape index (κ1) is 7.53. The first-order valence-corrected chi connectivity index (χ1v) is 4.18. The van der Waals surface area contributed by atoms with Crippen LogP contribution in [-0.2, 0) is 9.47 Å². The molecule has 0 spiro atoms. The maximum absolute atomic E-state index is 9.19. The van der Waals surface area contributed by atoms with Crippen LogP contribution in [0.4, 0.5) is 0 Å². The van der Waals surface area contributed by atoms with E-state index in [4.69, 9.17) is 9.47 Å². The SMILES string of the molecule is OCC12CCOC1CCOC2. The van der Waals surface area contributed by atoms with Crippen molar-refractivity contribution >= 4 is 0 Å². The van der Waals surface area contributed by atoms with E-state index in [1.54, 1.807) is 0 Å². The molecule has 64 valence electrons. The zero-order valence-electron chi connectivity index (χ0n) is 6.58. The molecule has 2 heterocycles. The van der Waals surface area contributed by atoms with Crippen molar-refractivity contribution in [3.05, 3.63) is 0 Å². The zero-order valence-corrected chi connectivity index (χ0v) is 6.58. The van der Waals surface area contributed by atoms with Crippen molar-refractivity contribution in [2.75, 3.05) is 26.4 Å². The molecular weight excluding hydrogens is 144 g/mol. The Labute approximate surface area is 66.3 Å². The highest BCUT2D eigenvalue weighted by atomic mass is 16.5. The Morgan fingerprint density at radius 3 is 3.09 bits per heavy atom. The van der Waals surface area contributed by atoms with Gasteiger partial charge in [0.15, 0.2) is 0 Å². The first-order chi connectivity index (χ1) is 5.37. The molecule has 0 saturated carbocycles. The van der Waals surface area contributed by atoms with E-state index >= 15 is 0 Å². The largest absolute Gasteiger partial charge is 0.396 e. The molecule has 0 bridgehead atoms. The summed E-state index contributed by atoms with van der Waals surface area (Å²) in [7, 11) is 0. The van der Waals surface area contributed by atoms with Crippen LogP contribution in [0.3, 0.4) is 0 Å². The van der Waals surface area contributed by atoms with Gasteiger partial charge >= 0.3 is 0 Å². The average molecular weight is 158 g/mol. The van der Waals surface area contributed by atoms with Gasteiger partial charge in [0, 0.05) is 18.6 Å². The number of aliphatic hydroxyl groups is 1. The Kier molecular flexibility index (Phi) is 1.87. The molecule has 2 atom stereocenters. The van der Waals surface area contributed by atoms with E-state index in [-0.39, 0.29) is 18.1 Å².